The number of carbonyl (C=O) groups is 1. The van der Waals surface area contributed by atoms with Gasteiger partial charge in [0, 0.05) is 18.1 Å². The molecule has 0 radical (unpaired) electrons. The molecule has 0 aliphatic carbocycles. The van der Waals surface area contributed by atoms with Gasteiger partial charge in [0.1, 0.15) is 5.69 Å². The number of para-hydroxylation sites is 1. The summed E-state index contributed by atoms with van der Waals surface area (Å²) in [6, 6.07) is 7.87. The van der Waals surface area contributed by atoms with Crippen LogP contribution < -0.4 is 0 Å². The second-order valence-electron chi connectivity index (χ2n) is 6.78. The van der Waals surface area contributed by atoms with Crippen LogP contribution in [0, 0.1) is 6.92 Å². The molecular formula is C19H22N4O2. The third-order valence-corrected chi connectivity index (χ3v) is 4.88. The van der Waals surface area contributed by atoms with Crippen LogP contribution in [0.3, 0.4) is 0 Å². The van der Waals surface area contributed by atoms with E-state index in [1.807, 2.05) is 53.2 Å². The minimum Gasteiger partial charge on any atom is -0.356 e. The molecule has 0 bridgehead atoms. The number of rotatable bonds is 4. The minimum atomic E-state index is 0.118. The molecule has 0 N–H and O–H groups in total. The molecule has 1 atom stereocenters. The number of carbonyl (C=O) groups excluding carboxylic acids is 1. The maximum atomic E-state index is 12.9. The first-order valence-corrected chi connectivity index (χ1v) is 8.82. The lowest BCUT2D eigenvalue weighted by Gasteiger charge is -2.35. The van der Waals surface area contributed by atoms with Crippen LogP contribution in [0.1, 0.15) is 30.5 Å². The van der Waals surface area contributed by atoms with E-state index in [4.69, 9.17) is 4.52 Å². The number of likely N-dealkylation sites (tertiary alicyclic amines) is 1. The molecule has 1 fully saturated rings. The molecule has 1 aromatic carbocycles. The smallest absolute Gasteiger partial charge is 0.229 e. The van der Waals surface area contributed by atoms with Crippen molar-refractivity contribution < 1.29 is 9.32 Å². The highest BCUT2D eigenvalue weighted by Crippen LogP contribution is 2.22. The number of aromatic nitrogens is 3. The highest BCUT2D eigenvalue weighted by atomic mass is 16.5. The van der Waals surface area contributed by atoms with Gasteiger partial charge in [-0.3, -0.25) is 9.48 Å². The molecule has 6 heteroatoms. The van der Waals surface area contributed by atoms with Crippen LogP contribution in [0.15, 0.2) is 41.2 Å². The van der Waals surface area contributed by atoms with Gasteiger partial charge in [-0.15, -0.1) is 0 Å². The molecule has 1 amide bonds. The number of amides is 1. The van der Waals surface area contributed by atoms with Crippen molar-refractivity contribution in [3.63, 3.8) is 0 Å². The zero-order chi connectivity index (χ0) is 17.2. The molecule has 1 aliphatic rings. The van der Waals surface area contributed by atoms with Gasteiger partial charge in [-0.1, -0.05) is 17.3 Å². The Balaban J connectivity index is 1.50. The van der Waals surface area contributed by atoms with E-state index >= 15 is 0 Å². The Labute approximate surface area is 146 Å². The van der Waals surface area contributed by atoms with E-state index in [0.29, 0.717) is 0 Å². The van der Waals surface area contributed by atoms with Crippen molar-refractivity contribution in [3.8, 4) is 0 Å². The lowest BCUT2D eigenvalue weighted by Crippen LogP contribution is -2.46. The van der Waals surface area contributed by atoms with Gasteiger partial charge in [0.2, 0.25) is 5.91 Å². The predicted octanol–water partition coefficient (Wildman–Crippen LogP) is 2.96. The van der Waals surface area contributed by atoms with Gasteiger partial charge in [0.05, 0.1) is 25.2 Å². The van der Waals surface area contributed by atoms with Crippen LogP contribution in [0.5, 0.6) is 0 Å². The SMILES string of the molecule is Cc1cnn(C[C@@H]2CCCCN2C(=O)Cc2noc3ccccc23)c1. The third-order valence-electron chi connectivity index (χ3n) is 4.88. The van der Waals surface area contributed by atoms with E-state index in [9.17, 15) is 4.79 Å². The fourth-order valence-corrected chi connectivity index (χ4v) is 3.61. The summed E-state index contributed by atoms with van der Waals surface area (Å²) in [5.41, 5.74) is 2.59. The Kier molecular flexibility index (Phi) is 4.26. The highest BCUT2D eigenvalue weighted by Gasteiger charge is 2.28. The van der Waals surface area contributed by atoms with Crippen molar-refractivity contribution in [2.24, 2.45) is 0 Å². The third kappa shape index (κ3) is 3.29. The fraction of sp³-hybridized carbons (Fsp3) is 0.421. The molecule has 2 aromatic heterocycles. The van der Waals surface area contributed by atoms with Crippen molar-refractivity contribution in [1.82, 2.24) is 19.8 Å². The van der Waals surface area contributed by atoms with Gasteiger partial charge >= 0.3 is 0 Å². The van der Waals surface area contributed by atoms with Gasteiger partial charge in [0.15, 0.2) is 5.58 Å². The van der Waals surface area contributed by atoms with Crippen LogP contribution in [0.25, 0.3) is 11.0 Å². The minimum absolute atomic E-state index is 0.118. The average molecular weight is 338 g/mol. The second-order valence-corrected chi connectivity index (χ2v) is 6.78. The monoisotopic (exact) mass is 338 g/mol. The van der Waals surface area contributed by atoms with Crippen LogP contribution in [0.4, 0.5) is 0 Å². The first kappa shape index (κ1) is 15.9. The van der Waals surface area contributed by atoms with Crippen molar-refractivity contribution in [2.75, 3.05) is 6.54 Å². The summed E-state index contributed by atoms with van der Waals surface area (Å²) in [6.07, 6.45) is 7.40. The Morgan fingerprint density at radius 1 is 1.32 bits per heavy atom. The number of nitrogens with zero attached hydrogens (tertiary/aromatic N) is 4. The van der Waals surface area contributed by atoms with E-state index in [2.05, 4.69) is 10.3 Å². The molecule has 1 aliphatic heterocycles. The van der Waals surface area contributed by atoms with Crippen molar-refractivity contribution in [3.05, 3.63) is 47.9 Å². The number of hydrogen-bond acceptors (Lipinski definition) is 4. The number of fused-ring (bicyclic) bond motifs is 1. The number of hydrogen-bond donors (Lipinski definition) is 0. The zero-order valence-electron chi connectivity index (χ0n) is 14.4. The number of aryl methyl sites for hydroxylation is 1. The summed E-state index contributed by atoms with van der Waals surface area (Å²) in [6.45, 7) is 3.58. The van der Waals surface area contributed by atoms with Crippen LogP contribution in [0.2, 0.25) is 0 Å². The first-order valence-electron chi connectivity index (χ1n) is 8.82. The van der Waals surface area contributed by atoms with Crippen LogP contribution in [-0.4, -0.2) is 38.3 Å². The normalized spacial score (nSPS) is 18.0. The molecule has 3 heterocycles. The molecule has 4 rings (SSSR count). The molecule has 25 heavy (non-hydrogen) atoms. The summed E-state index contributed by atoms with van der Waals surface area (Å²) in [5.74, 6) is 0.118. The van der Waals surface area contributed by atoms with Crippen LogP contribution >= 0.6 is 0 Å². The molecule has 6 nitrogen and oxygen atoms in total. The summed E-state index contributed by atoms with van der Waals surface area (Å²) >= 11 is 0. The van der Waals surface area contributed by atoms with Crippen molar-refractivity contribution in [1.29, 1.82) is 0 Å². The van der Waals surface area contributed by atoms with E-state index in [-0.39, 0.29) is 18.4 Å². The highest BCUT2D eigenvalue weighted by molar-refractivity contribution is 5.86. The van der Waals surface area contributed by atoms with Crippen LogP contribution in [-0.2, 0) is 17.8 Å². The Morgan fingerprint density at radius 3 is 3.04 bits per heavy atom. The number of benzene rings is 1. The summed E-state index contributed by atoms with van der Waals surface area (Å²) in [7, 11) is 0. The maximum Gasteiger partial charge on any atom is 0.229 e. The fourth-order valence-electron chi connectivity index (χ4n) is 3.61. The lowest BCUT2D eigenvalue weighted by molar-refractivity contribution is -0.134. The maximum absolute atomic E-state index is 12.9. The first-order chi connectivity index (χ1) is 12.2. The summed E-state index contributed by atoms with van der Waals surface area (Å²) in [4.78, 5) is 14.9. The topological polar surface area (TPSA) is 64.2 Å². The van der Waals surface area contributed by atoms with Crippen molar-refractivity contribution in [2.45, 2.75) is 45.2 Å². The van der Waals surface area contributed by atoms with Gasteiger partial charge in [0.25, 0.3) is 0 Å². The largest absolute Gasteiger partial charge is 0.356 e. The molecule has 130 valence electrons. The molecule has 0 saturated carbocycles. The van der Waals surface area contributed by atoms with Gasteiger partial charge in [-0.25, -0.2) is 0 Å². The molecule has 0 unspecified atom stereocenters. The zero-order valence-corrected chi connectivity index (χ0v) is 14.4. The quantitative estimate of drug-likeness (QED) is 0.734. The van der Waals surface area contributed by atoms with E-state index in [1.165, 1.54) is 0 Å². The Bertz CT molecular complexity index is 882. The van der Waals surface area contributed by atoms with Gasteiger partial charge in [-0.2, -0.15) is 5.10 Å². The molecule has 0 spiro atoms. The summed E-state index contributed by atoms with van der Waals surface area (Å²) < 4.78 is 7.27. The average Bonchev–Trinajstić information content (AvgIpc) is 3.22. The lowest BCUT2D eigenvalue weighted by atomic mass is 10.0. The van der Waals surface area contributed by atoms with Gasteiger partial charge < -0.3 is 9.42 Å². The Hall–Kier alpha value is -2.63. The molecular weight excluding hydrogens is 316 g/mol. The number of piperidine rings is 1. The van der Waals surface area contributed by atoms with E-state index < -0.39 is 0 Å². The van der Waals surface area contributed by atoms with E-state index in [1.54, 1.807) is 0 Å². The van der Waals surface area contributed by atoms with Gasteiger partial charge in [-0.05, 0) is 43.9 Å². The second kappa shape index (κ2) is 6.70. The van der Waals surface area contributed by atoms with Crippen molar-refractivity contribution >= 4 is 16.9 Å². The standard InChI is InChI=1S/C19H22N4O2/c1-14-11-20-22(12-14)13-15-6-4-5-9-23(15)19(24)10-17-16-7-2-3-8-18(16)25-21-17/h2-3,7-8,11-12,15H,4-6,9-10,13H2,1H3/t15-/m0/s1. The summed E-state index contributed by atoms with van der Waals surface area (Å²) in [5, 5.41) is 9.40. The predicted molar refractivity (Wildman–Crippen MR) is 94.0 cm³/mol. The van der Waals surface area contributed by atoms with E-state index in [0.717, 1.165) is 54.6 Å². The molecule has 3 aromatic rings. The molecule has 1 saturated heterocycles. The Morgan fingerprint density at radius 2 is 2.20 bits per heavy atom.